The van der Waals surface area contributed by atoms with Gasteiger partial charge in [0.05, 0.1) is 11.9 Å². The molecule has 0 saturated heterocycles. The van der Waals surface area contributed by atoms with Crippen molar-refractivity contribution in [1.82, 2.24) is 10.3 Å². The van der Waals surface area contributed by atoms with Crippen LogP contribution in [-0.4, -0.2) is 16.1 Å². The third kappa shape index (κ3) is 5.68. The lowest BCUT2D eigenvalue weighted by atomic mass is 10.1. The first-order chi connectivity index (χ1) is 8.26. The minimum atomic E-state index is 0.227. The summed E-state index contributed by atoms with van der Waals surface area (Å²) in [5, 5.41) is 12.7. The number of nitrogens with zero attached hydrogens (tertiary/aromatic N) is 1. The molecule has 2 N–H and O–H groups in total. The Kier molecular flexibility index (Phi) is 6.63. The van der Waals surface area contributed by atoms with Crippen LogP contribution in [0.5, 0.6) is 5.75 Å². The van der Waals surface area contributed by atoms with Crippen LogP contribution in [-0.2, 0) is 6.54 Å². The maximum absolute atomic E-state index is 9.15. The Morgan fingerprint density at radius 1 is 1.24 bits per heavy atom. The van der Waals surface area contributed by atoms with E-state index in [2.05, 4.69) is 24.1 Å². The molecule has 1 rings (SSSR count). The monoisotopic (exact) mass is 236 g/mol. The van der Waals surface area contributed by atoms with E-state index in [-0.39, 0.29) is 5.75 Å². The van der Waals surface area contributed by atoms with Crippen molar-refractivity contribution in [3.05, 3.63) is 24.0 Å². The van der Waals surface area contributed by atoms with Gasteiger partial charge in [0.25, 0.3) is 0 Å². The van der Waals surface area contributed by atoms with Crippen molar-refractivity contribution in [3.63, 3.8) is 0 Å². The molecule has 0 aliphatic rings. The van der Waals surface area contributed by atoms with E-state index in [0.29, 0.717) is 6.04 Å². The van der Waals surface area contributed by atoms with Gasteiger partial charge in [-0.05, 0) is 25.0 Å². The number of hydrogen-bond donors (Lipinski definition) is 2. The van der Waals surface area contributed by atoms with Crippen molar-refractivity contribution in [2.45, 2.75) is 58.5 Å². The first-order valence-electron chi connectivity index (χ1n) is 6.63. The van der Waals surface area contributed by atoms with E-state index < -0.39 is 0 Å². The topological polar surface area (TPSA) is 45.1 Å². The van der Waals surface area contributed by atoms with Gasteiger partial charge >= 0.3 is 0 Å². The van der Waals surface area contributed by atoms with Gasteiger partial charge in [0.2, 0.25) is 0 Å². The lowest BCUT2D eigenvalue weighted by molar-refractivity contribution is 0.430. The first-order valence-corrected chi connectivity index (χ1v) is 6.63. The Balaban J connectivity index is 2.37. The predicted molar refractivity (Wildman–Crippen MR) is 71.0 cm³/mol. The largest absolute Gasteiger partial charge is 0.506 e. The van der Waals surface area contributed by atoms with Gasteiger partial charge in [0.1, 0.15) is 5.75 Å². The average Bonchev–Trinajstić information content (AvgIpc) is 2.35. The van der Waals surface area contributed by atoms with Crippen LogP contribution in [0, 0.1) is 0 Å². The van der Waals surface area contributed by atoms with Gasteiger partial charge in [-0.2, -0.15) is 0 Å². The van der Waals surface area contributed by atoms with Crippen molar-refractivity contribution >= 4 is 0 Å². The Hall–Kier alpha value is -1.09. The van der Waals surface area contributed by atoms with Crippen molar-refractivity contribution < 1.29 is 5.11 Å². The fraction of sp³-hybridized carbons (Fsp3) is 0.643. The smallest absolute Gasteiger partial charge is 0.133 e. The molecule has 0 aliphatic heterocycles. The molecule has 1 unspecified atom stereocenters. The highest BCUT2D eigenvalue weighted by Gasteiger charge is 2.06. The molecular formula is C14H24N2O. The highest BCUT2D eigenvalue weighted by atomic mass is 16.3. The molecular weight excluding hydrogens is 212 g/mol. The standard InChI is InChI=1S/C14H24N2O/c1-3-5-7-12(6-4-2)15-10-13-8-9-14(17)11-16-13/h8-9,11-12,15,17H,3-7,10H2,1-2H3. The van der Waals surface area contributed by atoms with E-state index in [1.54, 1.807) is 6.07 Å². The number of unbranched alkanes of at least 4 members (excludes halogenated alkanes) is 1. The molecule has 0 fully saturated rings. The van der Waals surface area contributed by atoms with E-state index in [0.717, 1.165) is 12.2 Å². The summed E-state index contributed by atoms with van der Waals surface area (Å²) < 4.78 is 0. The van der Waals surface area contributed by atoms with Crippen molar-refractivity contribution in [2.24, 2.45) is 0 Å². The first kappa shape index (κ1) is 14.0. The predicted octanol–water partition coefficient (Wildman–Crippen LogP) is 3.24. The second-order valence-corrected chi connectivity index (χ2v) is 4.52. The minimum Gasteiger partial charge on any atom is -0.506 e. The fourth-order valence-corrected chi connectivity index (χ4v) is 1.92. The van der Waals surface area contributed by atoms with E-state index in [9.17, 15) is 0 Å². The van der Waals surface area contributed by atoms with E-state index in [1.807, 2.05) is 6.07 Å². The molecule has 1 aromatic rings. The lowest BCUT2D eigenvalue weighted by Gasteiger charge is -2.17. The summed E-state index contributed by atoms with van der Waals surface area (Å²) in [6.07, 6.45) is 7.70. The Morgan fingerprint density at radius 2 is 2.06 bits per heavy atom. The second kappa shape index (κ2) is 8.07. The molecule has 96 valence electrons. The zero-order valence-electron chi connectivity index (χ0n) is 10.9. The van der Waals surface area contributed by atoms with Gasteiger partial charge in [-0.15, -0.1) is 0 Å². The van der Waals surface area contributed by atoms with Crippen LogP contribution in [0.2, 0.25) is 0 Å². The summed E-state index contributed by atoms with van der Waals surface area (Å²) >= 11 is 0. The molecule has 0 aliphatic carbocycles. The maximum Gasteiger partial charge on any atom is 0.133 e. The van der Waals surface area contributed by atoms with E-state index >= 15 is 0 Å². The van der Waals surface area contributed by atoms with Crippen molar-refractivity contribution in [2.75, 3.05) is 0 Å². The van der Waals surface area contributed by atoms with Crippen LogP contribution in [0.3, 0.4) is 0 Å². The SMILES string of the molecule is CCCCC(CCC)NCc1ccc(O)cn1. The summed E-state index contributed by atoms with van der Waals surface area (Å²) in [5.41, 5.74) is 0.986. The maximum atomic E-state index is 9.15. The average molecular weight is 236 g/mol. The summed E-state index contributed by atoms with van der Waals surface area (Å²) in [6, 6.07) is 4.14. The number of nitrogens with one attached hydrogen (secondary N) is 1. The number of rotatable bonds is 8. The summed E-state index contributed by atoms with van der Waals surface area (Å²) in [4.78, 5) is 4.18. The summed E-state index contributed by atoms with van der Waals surface area (Å²) in [5.74, 6) is 0.227. The Bertz CT molecular complexity index is 298. The van der Waals surface area contributed by atoms with Crippen LogP contribution in [0.25, 0.3) is 0 Å². The van der Waals surface area contributed by atoms with Crippen LogP contribution >= 0.6 is 0 Å². The minimum absolute atomic E-state index is 0.227. The Labute approximate surface area is 104 Å². The number of hydrogen-bond acceptors (Lipinski definition) is 3. The molecule has 17 heavy (non-hydrogen) atoms. The van der Waals surface area contributed by atoms with Gasteiger partial charge in [-0.3, -0.25) is 4.98 Å². The Morgan fingerprint density at radius 3 is 2.65 bits per heavy atom. The van der Waals surface area contributed by atoms with Crippen molar-refractivity contribution in [3.8, 4) is 5.75 Å². The van der Waals surface area contributed by atoms with E-state index in [4.69, 9.17) is 5.11 Å². The van der Waals surface area contributed by atoms with Crippen LogP contribution in [0.4, 0.5) is 0 Å². The quantitative estimate of drug-likeness (QED) is 0.728. The highest BCUT2D eigenvalue weighted by Crippen LogP contribution is 2.09. The number of aromatic hydroxyl groups is 1. The van der Waals surface area contributed by atoms with E-state index in [1.165, 1.54) is 38.3 Å². The molecule has 0 bridgehead atoms. The van der Waals surface area contributed by atoms with Gasteiger partial charge in [-0.1, -0.05) is 33.1 Å². The number of aromatic nitrogens is 1. The molecule has 0 amide bonds. The third-order valence-electron chi connectivity index (χ3n) is 2.92. The molecule has 0 radical (unpaired) electrons. The zero-order valence-corrected chi connectivity index (χ0v) is 10.9. The van der Waals surface area contributed by atoms with Crippen LogP contribution in [0.1, 0.15) is 51.6 Å². The van der Waals surface area contributed by atoms with Gasteiger partial charge in [0, 0.05) is 12.6 Å². The summed E-state index contributed by atoms with van der Waals surface area (Å²) in [7, 11) is 0. The fourth-order valence-electron chi connectivity index (χ4n) is 1.92. The highest BCUT2D eigenvalue weighted by molar-refractivity contribution is 5.17. The normalized spacial score (nSPS) is 12.6. The lowest BCUT2D eigenvalue weighted by Crippen LogP contribution is -2.28. The molecule has 0 aromatic carbocycles. The van der Waals surface area contributed by atoms with Gasteiger partial charge in [-0.25, -0.2) is 0 Å². The molecule has 1 atom stereocenters. The zero-order chi connectivity index (χ0) is 12.5. The van der Waals surface area contributed by atoms with Crippen LogP contribution < -0.4 is 5.32 Å². The van der Waals surface area contributed by atoms with Crippen LogP contribution in [0.15, 0.2) is 18.3 Å². The van der Waals surface area contributed by atoms with Gasteiger partial charge < -0.3 is 10.4 Å². The van der Waals surface area contributed by atoms with Gasteiger partial charge in [0.15, 0.2) is 0 Å². The molecule has 0 spiro atoms. The molecule has 1 aromatic heterocycles. The molecule has 3 heteroatoms. The molecule has 0 saturated carbocycles. The molecule has 1 heterocycles. The summed E-state index contributed by atoms with van der Waals surface area (Å²) in [6.45, 7) is 5.23. The third-order valence-corrected chi connectivity index (χ3v) is 2.92. The molecule has 3 nitrogen and oxygen atoms in total. The van der Waals surface area contributed by atoms with Crippen molar-refractivity contribution in [1.29, 1.82) is 0 Å². The second-order valence-electron chi connectivity index (χ2n) is 4.52. The number of pyridine rings is 1.